The zero-order chi connectivity index (χ0) is 29.6. The van der Waals surface area contributed by atoms with Crippen LogP contribution in [0.4, 0.5) is 27.7 Å². The Balaban J connectivity index is 1.34. The lowest BCUT2D eigenvalue weighted by atomic mass is 10.0. The van der Waals surface area contributed by atoms with E-state index in [4.69, 9.17) is 5.73 Å². The highest BCUT2D eigenvalue weighted by Gasteiger charge is 2.16. The molecule has 0 spiro atoms. The second-order valence-corrected chi connectivity index (χ2v) is 11.4. The monoisotopic (exact) mass is 578 g/mol. The Morgan fingerprint density at radius 3 is 2.31 bits per heavy atom. The van der Waals surface area contributed by atoms with Gasteiger partial charge in [0.2, 0.25) is 5.91 Å². The molecule has 0 aliphatic rings. The number of nitrogens with one attached hydrogen (secondary N) is 3. The highest BCUT2D eigenvalue weighted by molar-refractivity contribution is 7.18. The number of nitrogens with zero attached hydrogens (tertiary/aromatic N) is 2. The fourth-order valence-corrected chi connectivity index (χ4v) is 5.90. The van der Waals surface area contributed by atoms with Crippen LogP contribution in [0.25, 0.3) is 32.3 Å². The predicted molar refractivity (Wildman–Crippen MR) is 175 cm³/mol. The third-order valence-corrected chi connectivity index (χ3v) is 7.83. The van der Waals surface area contributed by atoms with Gasteiger partial charge in [-0.3, -0.25) is 4.79 Å². The van der Waals surface area contributed by atoms with Gasteiger partial charge in [0.15, 0.2) is 0 Å². The summed E-state index contributed by atoms with van der Waals surface area (Å²) in [4.78, 5) is 31.5. The summed E-state index contributed by atoms with van der Waals surface area (Å²) >= 11 is 1.60. The highest BCUT2D eigenvalue weighted by atomic mass is 32.1. The van der Waals surface area contributed by atoms with Crippen LogP contribution < -0.4 is 21.7 Å². The quantitative estimate of drug-likeness (QED) is 0.145. The summed E-state index contributed by atoms with van der Waals surface area (Å²) in [5.41, 5.74) is 13.5. The smallest absolute Gasteiger partial charge is 0.323 e. The Kier molecular flexibility index (Phi) is 8.80. The Morgan fingerprint density at radius 1 is 0.857 bits per heavy atom. The molecule has 8 nitrogen and oxygen atoms in total. The van der Waals surface area contributed by atoms with Crippen LogP contribution in [-0.2, 0) is 4.79 Å². The van der Waals surface area contributed by atoms with Crippen LogP contribution in [0, 0.1) is 6.92 Å². The maximum atomic E-state index is 12.5. The second-order valence-electron chi connectivity index (χ2n) is 10.5. The molecule has 214 valence electrons. The average Bonchev–Trinajstić information content (AvgIpc) is 3.40. The van der Waals surface area contributed by atoms with Crippen LogP contribution in [0.2, 0.25) is 0 Å². The van der Waals surface area contributed by atoms with Gasteiger partial charge in [-0.05, 0) is 92.5 Å². The molecule has 0 radical (unpaired) electrons. The molecular formula is C33H34N6O2S. The molecule has 3 aromatic carbocycles. The molecule has 0 bridgehead atoms. The fourth-order valence-electron chi connectivity index (χ4n) is 4.78. The minimum atomic E-state index is -0.306. The summed E-state index contributed by atoms with van der Waals surface area (Å²) in [7, 11) is 4.00. The zero-order valence-corrected chi connectivity index (χ0v) is 24.7. The number of aromatic nitrogens is 1. The Morgan fingerprint density at radius 2 is 1.57 bits per heavy atom. The van der Waals surface area contributed by atoms with Crippen LogP contribution in [0.1, 0.15) is 18.4 Å². The number of amides is 3. The van der Waals surface area contributed by atoms with Crippen LogP contribution in [-0.4, -0.2) is 42.5 Å². The standard InChI is InChI=1S/C33H34N6O2S/c1-21-7-4-9-25(17-21)38-33(41)37-24-14-12-22(13-15-24)28-20-42-31-27(19-35-32(34)30(28)31)23-8-5-10-26(18-23)36-29(40)11-6-16-39(2)3/h4-5,7-10,12-15,17-20H,6,11,16H2,1-3H3,(H2,34,35)(H,36,40)(H2,37,38,41). The number of carbonyl (C=O) groups is 2. The molecule has 0 fully saturated rings. The van der Waals surface area contributed by atoms with Gasteiger partial charge in [0.1, 0.15) is 5.82 Å². The van der Waals surface area contributed by atoms with Gasteiger partial charge in [0.25, 0.3) is 0 Å². The van der Waals surface area contributed by atoms with Crippen molar-refractivity contribution < 1.29 is 9.59 Å². The maximum absolute atomic E-state index is 12.5. The molecule has 0 aliphatic carbocycles. The molecule has 2 aromatic heterocycles. The number of nitrogens with two attached hydrogens (primary N) is 1. The van der Waals surface area contributed by atoms with Crippen molar-refractivity contribution in [3.8, 4) is 22.3 Å². The van der Waals surface area contributed by atoms with E-state index in [1.165, 1.54) is 0 Å². The van der Waals surface area contributed by atoms with Gasteiger partial charge >= 0.3 is 6.03 Å². The average molecular weight is 579 g/mol. The van der Waals surface area contributed by atoms with Gasteiger partial charge in [0.05, 0.1) is 0 Å². The highest BCUT2D eigenvalue weighted by Crippen LogP contribution is 2.42. The zero-order valence-electron chi connectivity index (χ0n) is 23.9. The van der Waals surface area contributed by atoms with Crippen LogP contribution >= 0.6 is 11.3 Å². The molecule has 9 heteroatoms. The minimum absolute atomic E-state index is 0.00133. The number of benzene rings is 3. The third-order valence-electron chi connectivity index (χ3n) is 6.82. The number of rotatable bonds is 9. The largest absolute Gasteiger partial charge is 0.383 e. The van der Waals surface area contributed by atoms with Gasteiger partial charge < -0.3 is 26.6 Å². The SMILES string of the molecule is Cc1cccc(NC(=O)Nc2ccc(-c3csc4c(-c5cccc(NC(=O)CCCN(C)C)c5)cnc(N)c34)cc2)c1. The first-order valence-electron chi connectivity index (χ1n) is 13.7. The minimum Gasteiger partial charge on any atom is -0.383 e. The Labute approximate surface area is 249 Å². The molecule has 0 aliphatic heterocycles. The number of pyridine rings is 1. The predicted octanol–water partition coefficient (Wildman–Crippen LogP) is 7.45. The van der Waals surface area contributed by atoms with E-state index in [0.29, 0.717) is 17.9 Å². The molecule has 5 N–H and O–H groups in total. The second kappa shape index (κ2) is 12.8. The van der Waals surface area contributed by atoms with E-state index in [9.17, 15) is 9.59 Å². The number of anilines is 4. The van der Waals surface area contributed by atoms with Crippen molar-refractivity contribution in [2.45, 2.75) is 19.8 Å². The first-order valence-corrected chi connectivity index (χ1v) is 14.6. The number of hydrogen-bond acceptors (Lipinski definition) is 6. The fraction of sp³-hybridized carbons (Fsp3) is 0.182. The molecular weight excluding hydrogens is 544 g/mol. The van der Waals surface area contributed by atoms with Crippen molar-refractivity contribution in [2.24, 2.45) is 0 Å². The number of fused-ring (bicyclic) bond motifs is 1. The van der Waals surface area contributed by atoms with Gasteiger partial charge in [-0.15, -0.1) is 11.3 Å². The van der Waals surface area contributed by atoms with Crippen molar-refractivity contribution in [1.29, 1.82) is 0 Å². The topological polar surface area (TPSA) is 112 Å². The first kappa shape index (κ1) is 28.8. The lowest BCUT2D eigenvalue weighted by molar-refractivity contribution is -0.116. The Bertz CT molecular complexity index is 1730. The molecule has 0 unspecified atom stereocenters. The molecule has 0 atom stereocenters. The summed E-state index contributed by atoms with van der Waals surface area (Å²) in [6.07, 6.45) is 3.06. The third kappa shape index (κ3) is 6.94. The summed E-state index contributed by atoms with van der Waals surface area (Å²) in [5, 5.41) is 11.7. The normalized spacial score (nSPS) is 11.0. The van der Waals surface area contributed by atoms with Crippen molar-refractivity contribution in [3.05, 3.63) is 89.9 Å². The van der Waals surface area contributed by atoms with E-state index in [-0.39, 0.29) is 11.9 Å². The number of aryl methyl sites for hydroxylation is 1. The van der Waals surface area contributed by atoms with Crippen LogP contribution in [0.3, 0.4) is 0 Å². The van der Waals surface area contributed by atoms with Gasteiger partial charge in [-0.2, -0.15) is 0 Å². The molecule has 2 heterocycles. The van der Waals surface area contributed by atoms with E-state index >= 15 is 0 Å². The van der Waals surface area contributed by atoms with E-state index < -0.39 is 0 Å². The molecule has 5 aromatic rings. The Hall–Kier alpha value is -4.73. The summed E-state index contributed by atoms with van der Waals surface area (Å²) in [6, 6.07) is 22.8. The first-order chi connectivity index (χ1) is 20.3. The van der Waals surface area contributed by atoms with E-state index in [1.54, 1.807) is 17.5 Å². The number of hydrogen-bond donors (Lipinski definition) is 4. The molecule has 0 saturated heterocycles. The summed E-state index contributed by atoms with van der Waals surface area (Å²) in [5.74, 6) is 0.452. The van der Waals surface area contributed by atoms with Crippen molar-refractivity contribution in [3.63, 3.8) is 0 Å². The summed E-state index contributed by atoms with van der Waals surface area (Å²) < 4.78 is 1.02. The van der Waals surface area contributed by atoms with Crippen molar-refractivity contribution in [1.82, 2.24) is 9.88 Å². The van der Waals surface area contributed by atoms with E-state index in [0.717, 1.165) is 62.2 Å². The van der Waals surface area contributed by atoms with E-state index in [1.807, 2.05) is 93.8 Å². The van der Waals surface area contributed by atoms with Gasteiger partial charge in [-0.1, -0.05) is 36.4 Å². The van der Waals surface area contributed by atoms with Crippen LogP contribution in [0.15, 0.2) is 84.4 Å². The molecule has 5 rings (SSSR count). The lowest BCUT2D eigenvalue weighted by Crippen LogP contribution is -2.19. The number of nitrogen functional groups attached to an aromatic ring is 1. The number of urea groups is 1. The lowest BCUT2D eigenvalue weighted by Gasteiger charge is -2.11. The molecule has 42 heavy (non-hydrogen) atoms. The summed E-state index contributed by atoms with van der Waals surface area (Å²) in [6.45, 7) is 2.85. The van der Waals surface area contributed by atoms with E-state index in [2.05, 4.69) is 31.2 Å². The molecule has 3 amide bonds. The van der Waals surface area contributed by atoms with Gasteiger partial charge in [0, 0.05) is 50.9 Å². The number of thiophene rings is 1. The maximum Gasteiger partial charge on any atom is 0.323 e. The van der Waals surface area contributed by atoms with Gasteiger partial charge in [-0.25, -0.2) is 9.78 Å². The molecule has 0 saturated carbocycles. The number of carbonyl (C=O) groups excluding carboxylic acids is 2. The van der Waals surface area contributed by atoms with Crippen molar-refractivity contribution >= 4 is 56.2 Å². The van der Waals surface area contributed by atoms with Crippen molar-refractivity contribution in [2.75, 3.05) is 42.3 Å². The van der Waals surface area contributed by atoms with Crippen LogP contribution in [0.5, 0.6) is 0 Å².